The predicted molar refractivity (Wildman–Crippen MR) is 127 cm³/mol. The maximum Gasteiger partial charge on any atom is 0.327 e. The van der Waals surface area contributed by atoms with Crippen LogP contribution >= 0.6 is 11.8 Å². The van der Waals surface area contributed by atoms with Crippen LogP contribution in [-0.2, 0) is 14.8 Å². The van der Waals surface area contributed by atoms with Gasteiger partial charge in [-0.15, -0.1) is 11.8 Å². The number of rotatable bonds is 8. The van der Waals surface area contributed by atoms with Crippen molar-refractivity contribution in [3.05, 3.63) is 0 Å². The van der Waals surface area contributed by atoms with Crippen LogP contribution in [0.1, 0.15) is 32.1 Å². The Morgan fingerprint density at radius 1 is 1.21 bits per heavy atom. The van der Waals surface area contributed by atoms with Gasteiger partial charge in [-0.3, -0.25) is 15.1 Å². The van der Waals surface area contributed by atoms with Crippen molar-refractivity contribution in [2.24, 2.45) is 11.8 Å². The fourth-order valence-electron chi connectivity index (χ4n) is 5.78. The summed E-state index contributed by atoms with van der Waals surface area (Å²) in [6.07, 6.45) is 2.01. The van der Waals surface area contributed by atoms with Crippen LogP contribution in [0, 0.1) is 11.8 Å². The molecule has 2 saturated carbocycles. The Kier molecular flexibility index (Phi) is 6.88. The molecule has 0 aromatic carbocycles. The van der Waals surface area contributed by atoms with Crippen molar-refractivity contribution in [3.63, 3.8) is 0 Å². The van der Waals surface area contributed by atoms with Gasteiger partial charge in [-0.2, -0.15) is 0 Å². The van der Waals surface area contributed by atoms with E-state index in [0.717, 1.165) is 19.0 Å². The molecule has 5 rings (SSSR count). The van der Waals surface area contributed by atoms with Crippen molar-refractivity contribution in [2.75, 3.05) is 52.3 Å². The van der Waals surface area contributed by atoms with Gasteiger partial charge in [0, 0.05) is 62.9 Å². The average molecular weight is 519 g/mol. The van der Waals surface area contributed by atoms with E-state index >= 15 is 0 Å². The van der Waals surface area contributed by atoms with E-state index in [4.69, 9.17) is 0 Å². The molecule has 3 aliphatic heterocycles. The minimum Gasteiger partial charge on any atom is -0.319 e. The summed E-state index contributed by atoms with van der Waals surface area (Å²) in [7, 11) is -1.83. The zero-order valence-electron chi connectivity index (χ0n) is 19.5. The summed E-state index contributed by atoms with van der Waals surface area (Å²) in [4.78, 5) is 30.4. The number of hydrogen-bond acceptors (Lipinski definition) is 8. The molecule has 5 atom stereocenters. The maximum absolute atomic E-state index is 13.6. The number of amides is 3. The average Bonchev–Trinajstić information content (AvgIpc) is 3.17. The van der Waals surface area contributed by atoms with Crippen LogP contribution in [0.3, 0.4) is 0 Å². The Labute approximate surface area is 204 Å². The lowest BCUT2D eigenvalue weighted by molar-refractivity contribution is -0.140. The molecule has 34 heavy (non-hydrogen) atoms. The van der Waals surface area contributed by atoms with Crippen molar-refractivity contribution in [3.8, 4) is 0 Å². The van der Waals surface area contributed by atoms with E-state index in [1.54, 1.807) is 11.8 Å². The van der Waals surface area contributed by atoms with Gasteiger partial charge < -0.3 is 10.2 Å². The highest BCUT2D eigenvalue weighted by atomic mass is 32.2. The molecule has 0 radical (unpaired) electrons. The van der Waals surface area contributed by atoms with Gasteiger partial charge in [-0.05, 0) is 32.1 Å². The maximum atomic E-state index is 13.6. The number of carbonyl (C=O) groups excluding carboxylic acids is 2. The SMILES string of the molecule is CN1CC(CN2C(=O)C3CC(S(=O)(=O)NC4(CF)CC4)CCC3N(CC3CNCS3)C2=O)CN1. The van der Waals surface area contributed by atoms with Crippen LogP contribution in [0.2, 0.25) is 0 Å². The third kappa shape index (κ3) is 4.83. The second-order valence-electron chi connectivity index (χ2n) is 10.5. The van der Waals surface area contributed by atoms with Crippen molar-refractivity contribution in [1.82, 2.24) is 30.3 Å². The topological polar surface area (TPSA) is 114 Å². The van der Waals surface area contributed by atoms with Crippen molar-refractivity contribution >= 4 is 33.7 Å². The van der Waals surface area contributed by atoms with E-state index in [1.165, 1.54) is 4.90 Å². The summed E-state index contributed by atoms with van der Waals surface area (Å²) in [6.45, 7) is 2.40. The smallest absolute Gasteiger partial charge is 0.319 e. The highest BCUT2D eigenvalue weighted by Crippen LogP contribution is 2.41. The van der Waals surface area contributed by atoms with Crippen LogP contribution in [0.25, 0.3) is 0 Å². The Balaban J connectivity index is 1.35. The second-order valence-corrected chi connectivity index (χ2v) is 13.8. The Hall–Kier alpha value is -0.990. The number of thioether (sulfide) groups is 1. The molecular weight excluding hydrogens is 483 g/mol. The molecule has 0 aromatic heterocycles. The number of imide groups is 1. The van der Waals surface area contributed by atoms with Gasteiger partial charge in [0.25, 0.3) is 0 Å². The molecule has 5 aliphatic rings. The lowest BCUT2D eigenvalue weighted by atomic mass is 9.80. The molecule has 2 aliphatic carbocycles. The largest absolute Gasteiger partial charge is 0.327 e. The second kappa shape index (κ2) is 9.47. The van der Waals surface area contributed by atoms with Crippen LogP contribution < -0.4 is 15.5 Å². The van der Waals surface area contributed by atoms with E-state index in [-0.39, 0.29) is 35.6 Å². The highest BCUT2D eigenvalue weighted by Gasteiger charge is 2.53. The number of fused-ring (bicyclic) bond motifs is 1. The molecule has 3 amide bonds. The predicted octanol–water partition coefficient (Wildman–Crippen LogP) is -0.0619. The van der Waals surface area contributed by atoms with Gasteiger partial charge in [0.1, 0.15) is 6.67 Å². The Morgan fingerprint density at radius 2 is 2.00 bits per heavy atom. The number of nitrogens with zero attached hydrogens (tertiary/aromatic N) is 3. The number of hydrazine groups is 1. The van der Waals surface area contributed by atoms with Gasteiger partial charge >= 0.3 is 6.03 Å². The summed E-state index contributed by atoms with van der Waals surface area (Å²) in [5.41, 5.74) is 2.27. The zero-order valence-corrected chi connectivity index (χ0v) is 21.2. The first-order chi connectivity index (χ1) is 16.2. The van der Waals surface area contributed by atoms with Gasteiger partial charge in [0.2, 0.25) is 15.9 Å². The van der Waals surface area contributed by atoms with E-state index in [9.17, 15) is 22.4 Å². The van der Waals surface area contributed by atoms with Gasteiger partial charge in [-0.1, -0.05) is 0 Å². The third-order valence-corrected chi connectivity index (χ3v) is 11.1. The standard InChI is InChI=1S/C21H35FN6O4S2/c1-26-9-14(7-24-26)10-28-19(29)17-6-16(34(31,32)25-21(12-22)4-5-21)2-3-18(17)27(20(28)30)11-15-8-23-13-33-15/h14-18,23-25H,2-13H2,1H3. The van der Waals surface area contributed by atoms with Gasteiger partial charge in [0.05, 0.1) is 16.7 Å². The molecule has 5 fully saturated rings. The molecule has 13 heteroatoms. The summed E-state index contributed by atoms with van der Waals surface area (Å²) in [5.74, 6) is 0.152. The Bertz CT molecular complexity index is 913. The van der Waals surface area contributed by atoms with Crippen molar-refractivity contribution in [1.29, 1.82) is 0 Å². The molecule has 5 unspecified atom stereocenters. The van der Waals surface area contributed by atoms with E-state index < -0.39 is 33.4 Å². The molecule has 3 heterocycles. The van der Waals surface area contributed by atoms with E-state index in [0.29, 0.717) is 45.3 Å². The summed E-state index contributed by atoms with van der Waals surface area (Å²) in [5, 5.41) is 4.76. The third-order valence-electron chi connectivity index (χ3n) is 7.95. The number of halogens is 1. The van der Waals surface area contributed by atoms with E-state index in [1.807, 2.05) is 17.0 Å². The summed E-state index contributed by atoms with van der Waals surface area (Å²) < 4.78 is 42.2. The normalized spacial score (nSPS) is 36.2. The fraction of sp³-hybridized carbons (Fsp3) is 0.905. The molecule has 10 nitrogen and oxygen atoms in total. The van der Waals surface area contributed by atoms with Crippen LogP contribution in [0.15, 0.2) is 0 Å². The fourth-order valence-corrected chi connectivity index (χ4v) is 8.69. The molecule has 0 aromatic rings. The number of urea groups is 1. The number of sulfonamides is 1. The monoisotopic (exact) mass is 518 g/mol. The van der Waals surface area contributed by atoms with Gasteiger partial charge in [-0.25, -0.2) is 27.3 Å². The first-order valence-electron chi connectivity index (χ1n) is 12.2. The summed E-state index contributed by atoms with van der Waals surface area (Å²) in [6, 6.07) is -0.536. The van der Waals surface area contributed by atoms with Crippen molar-refractivity contribution < 1.29 is 22.4 Å². The lowest BCUT2D eigenvalue weighted by Crippen LogP contribution is -2.65. The molecular formula is C21H35FN6O4S2. The number of hydrogen-bond donors (Lipinski definition) is 3. The summed E-state index contributed by atoms with van der Waals surface area (Å²) >= 11 is 1.77. The Morgan fingerprint density at radius 3 is 2.62 bits per heavy atom. The van der Waals surface area contributed by atoms with Gasteiger partial charge in [0.15, 0.2) is 0 Å². The first kappa shape index (κ1) is 24.7. The molecule has 3 N–H and O–H groups in total. The minimum absolute atomic E-state index is 0.128. The zero-order chi connectivity index (χ0) is 24.1. The molecule has 0 bridgehead atoms. The number of nitrogens with one attached hydrogen (secondary N) is 3. The molecule has 3 saturated heterocycles. The van der Waals surface area contributed by atoms with Crippen molar-refractivity contribution in [2.45, 2.75) is 54.2 Å². The van der Waals surface area contributed by atoms with E-state index in [2.05, 4.69) is 15.5 Å². The van der Waals surface area contributed by atoms with Crippen LogP contribution in [0.4, 0.5) is 9.18 Å². The van der Waals surface area contributed by atoms with Crippen LogP contribution in [0.5, 0.6) is 0 Å². The quantitative estimate of drug-likeness (QED) is 0.410. The molecule has 192 valence electrons. The minimum atomic E-state index is -3.76. The number of alkyl halides is 1. The first-order valence-corrected chi connectivity index (χ1v) is 14.8. The highest BCUT2D eigenvalue weighted by molar-refractivity contribution is 8.00. The van der Waals surface area contributed by atoms with Crippen LogP contribution in [-0.4, -0.2) is 110 Å². The number of carbonyl (C=O) groups is 2. The molecule has 0 spiro atoms. The lowest BCUT2D eigenvalue weighted by Gasteiger charge is -2.49.